The molecule has 29 heavy (non-hydrogen) atoms. The summed E-state index contributed by atoms with van der Waals surface area (Å²) < 4.78 is 30.4. The normalized spacial score (nSPS) is 11.5. The molecule has 4 aromatic rings. The number of nitrogens with zero attached hydrogens (tertiary/aromatic N) is 1. The van der Waals surface area contributed by atoms with Gasteiger partial charge in [-0.1, -0.05) is 78.4 Å². The molecule has 0 fully saturated rings. The van der Waals surface area contributed by atoms with Crippen LogP contribution in [0.3, 0.4) is 0 Å². The van der Waals surface area contributed by atoms with E-state index in [2.05, 4.69) is 4.98 Å². The Morgan fingerprint density at radius 3 is 2.24 bits per heavy atom. The van der Waals surface area contributed by atoms with Gasteiger partial charge >= 0.3 is 0 Å². The predicted octanol–water partition coefficient (Wildman–Crippen LogP) is 4.56. The maximum Gasteiger partial charge on any atom is 0.238 e. The molecule has 0 aliphatic carbocycles. The molecule has 0 saturated carbocycles. The van der Waals surface area contributed by atoms with E-state index in [4.69, 9.17) is 9.56 Å². The zero-order valence-corrected chi connectivity index (χ0v) is 16.7. The summed E-state index contributed by atoms with van der Waals surface area (Å²) in [6, 6.07) is 24.2. The Labute approximate surface area is 169 Å². The highest BCUT2D eigenvalue weighted by atomic mass is 32.2. The molecule has 1 heterocycles. The zero-order valence-electron chi connectivity index (χ0n) is 15.9. The molecule has 0 unspecified atom stereocenters. The smallest absolute Gasteiger partial charge is 0.238 e. The lowest BCUT2D eigenvalue weighted by molar-refractivity contribution is 0.519. The number of hydrogen-bond acceptors (Lipinski definition) is 4. The first-order valence-electron chi connectivity index (χ1n) is 9.15. The summed E-state index contributed by atoms with van der Waals surface area (Å²) in [5.41, 5.74) is 3.87. The average molecular weight is 404 g/mol. The molecule has 0 atom stereocenters. The molecule has 146 valence electrons. The van der Waals surface area contributed by atoms with Crippen molar-refractivity contribution in [3.8, 4) is 22.6 Å². The topological polar surface area (TPSA) is 86.2 Å². The molecule has 1 aromatic heterocycles. The van der Waals surface area contributed by atoms with E-state index in [1.54, 1.807) is 18.2 Å². The molecule has 0 spiro atoms. The number of sulfonamides is 1. The Balaban J connectivity index is 1.89. The quantitative estimate of drug-likeness (QED) is 0.528. The van der Waals surface area contributed by atoms with Crippen molar-refractivity contribution in [2.45, 2.75) is 18.2 Å². The fourth-order valence-corrected chi connectivity index (χ4v) is 3.94. The SMILES string of the molecule is Cc1ccc(-c2oc(Cc3ccccc3)nc2-c2ccccc2S(N)(=O)=O)cc1. The minimum atomic E-state index is -3.92. The lowest BCUT2D eigenvalue weighted by Crippen LogP contribution is -2.13. The predicted molar refractivity (Wildman–Crippen MR) is 113 cm³/mol. The van der Waals surface area contributed by atoms with Gasteiger partial charge in [0.1, 0.15) is 5.69 Å². The molecular formula is C23H20N2O3S. The molecule has 0 saturated heterocycles. The van der Waals surface area contributed by atoms with Gasteiger partial charge in [0.25, 0.3) is 0 Å². The first kappa shape index (κ1) is 19.1. The number of nitrogens with two attached hydrogens (primary N) is 1. The van der Waals surface area contributed by atoms with E-state index in [0.717, 1.165) is 16.7 Å². The van der Waals surface area contributed by atoms with Crippen molar-refractivity contribution in [2.24, 2.45) is 5.14 Å². The summed E-state index contributed by atoms with van der Waals surface area (Å²) in [7, 11) is -3.92. The Hall–Kier alpha value is -3.22. The van der Waals surface area contributed by atoms with E-state index in [9.17, 15) is 8.42 Å². The summed E-state index contributed by atoms with van der Waals surface area (Å²) in [5.74, 6) is 1.03. The van der Waals surface area contributed by atoms with Gasteiger partial charge in [0, 0.05) is 17.5 Å². The molecule has 3 aromatic carbocycles. The van der Waals surface area contributed by atoms with Crippen LogP contribution in [0.2, 0.25) is 0 Å². The molecule has 2 N–H and O–H groups in total. The minimum Gasteiger partial charge on any atom is -0.440 e. The van der Waals surface area contributed by atoms with Crippen LogP contribution in [-0.2, 0) is 16.4 Å². The first-order valence-corrected chi connectivity index (χ1v) is 10.7. The Morgan fingerprint density at radius 2 is 1.55 bits per heavy atom. The standard InChI is InChI=1S/C23H20N2O3S/c1-16-11-13-18(14-12-16)23-22(19-9-5-6-10-20(19)29(24,26)27)25-21(28-23)15-17-7-3-2-4-8-17/h2-14H,15H2,1H3,(H2,24,26,27). The first-order chi connectivity index (χ1) is 13.9. The van der Waals surface area contributed by atoms with Crippen LogP contribution >= 0.6 is 0 Å². The number of rotatable bonds is 5. The number of aryl methyl sites for hydroxylation is 1. The molecule has 4 rings (SSSR count). The van der Waals surface area contributed by atoms with Gasteiger partial charge in [-0.3, -0.25) is 0 Å². The maximum atomic E-state index is 12.1. The Morgan fingerprint density at radius 1 is 0.897 bits per heavy atom. The van der Waals surface area contributed by atoms with E-state index in [0.29, 0.717) is 29.3 Å². The Kier molecular flexibility index (Phi) is 5.05. The molecule has 0 bridgehead atoms. The molecule has 0 aliphatic rings. The highest BCUT2D eigenvalue weighted by molar-refractivity contribution is 7.89. The molecular weight excluding hydrogens is 384 g/mol. The van der Waals surface area contributed by atoms with Gasteiger partial charge in [-0.25, -0.2) is 18.5 Å². The molecule has 5 nitrogen and oxygen atoms in total. The zero-order chi connectivity index (χ0) is 20.4. The molecule has 6 heteroatoms. The number of aromatic nitrogens is 1. The number of hydrogen-bond donors (Lipinski definition) is 1. The van der Waals surface area contributed by atoms with E-state index in [1.165, 1.54) is 6.07 Å². The fraction of sp³-hybridized carbons (Fsp3) is 0.0870. The van der Waals surface area contributed by atoms with Crippen LogP contribution in [0, 0.1) is 6.92 Å². The highest BCUT2D eigenvalue weighted by Gasteiger charge is 2.23. The van der Waals surface area contributed by atoms with Gasteiger partial charge in [0.05, 0.1) is 4.90 Å². The molecule has 0 amide bonds. The summed E-state index contributed by atoms with van der Waals surface area (Å²) in [6.07, 6.45) is 0.497. The van der Waals surface area contributed by atoms with E-state index in [1.807, 2.05) is 61.5 Å². The third kappa shape index (κ3) is 4.13. The van der Waals surface area contributed by atoms with Crippen LogP contribution in [0.15, 0.2) is 88.2 Å². The third-order valence-corrected chi connectivity index (χ3v) is 5.60. The average Bonchev–Trinajstić information content (AvgIpc) is 3.12. The van der Waals surface area contributed by atoms with Crippen molar-refractivity contribution >= 4 is 10.0 Å². The van der Waals surface area contributed by atoms with Crippen LogP contribution in [0.25, 0.3) is 22.6 Å². The fourth-order valence-electron chi connectivity index (χ4n) is 3.20. The summed E-state index contributed by atoms with van der Waals surface area (Å²) in [6.45, 7) is 2.00. The van der Waals surface area contributed by atoms with Crippen molar-refractivity contribution in [3.63, 3.8) is 0 Å². The van der Waals surface area contributed by atoms with Crippen LogP contribution in [-0.4, -0.2) is 13.4 Å². The van der Waals surface area contributed by atoms with E-state index in [-0.39, 0.29) is 4.90 Å². The third-order valence-electron chi connectivity index (χ3n) is 4.63. The number of primary sulfonamides is 1. The van der Waals surface area contributed by atoms with Gasteiger partial charge in [0.2, 0.25) is 10.0 Å². The maximum absolute atomic E-state index is 12.1. The van der Waals surface area contributed by atoms with E-state index >= 15 is 0 Å². The van der Waals surface area contributed by atoms with Crippen molar-refractivity contribution in [2.75, 3.05) is 0 Å². The van der Waals surface area contributed by atoms with E-state index < -0.39 is 10.0 Å². The van der Waals surface area contributed by atoms with Gasteiger partial charge in [-0.15, -0.1) is 0 Å². The monoisotopic (exact) mass is 404 g/mol. The van der Waals surface area contributed by atoms with Crippen molar-refractivity contribution < 1.29 is 12.8 Å². The lowest BCUT2D eigenvalue weighted by Gasteiger charge is -2.07. The number of benzene rings is 3. The summed E-state index contributed by atoms with van der Waals surface area (Å²) in [5, 5.41) is 5.45. The van der Waals surface area contributed by atoms with Crippen LogP contribution in [0.5, 0.6) is 0 Å². The lowest BCUT2D eigenvalue weighted by atomic mass is 10.0. The van der Waals surface area contributed by atoms with Crippen LogP contribution in [0.4, 0.5) is 0 Å². The second-order valence-electron chi connectivity index (χ2n) is 6.85. The van der Waals surface area contributed by atoms with Crippen LogP contribution < -0.4 is 5.14 Å². The van der Waals surface area contributed by atoms with Gasteiger partial charge < -0.3 is 4.42 Å². The molecule has 0 aliphatic heterocycles. The second-order valence-corrected chi connectivity index (χ2v) is 8.38. The Bertz CT molecular complexity index is 1250. The van der Waals surface area contributed by atoms with Crippen molar-refractivity contribution in [1.82, 2.24) is 4.98 Å². The van der Waals surface area contributed by atoms with Gasteiger partial charge in [-0.2, -0.15) is 0 Å². The van der Waals surface area contributed by atoms with Crippen molar-refractivity contribution in [1.29, 1.82) is 0 Å². The van der Waals surface area contributed by atoms with Gasteiger partial charge in [-0.05, 0) is 18.6 Å². The second kappa shape index (κ2) is 7.66. The highest BCUT2D eigenvalue weighted by Crippen LogP contribution is 2.36. The van der Waals surface area contributed by atoms with Gasteiger partial charge in [0.15, 0.2) is 11.7 Å². The largest absolute Gasteiger partial charge is 0.440 e. The van der Waals surface area contributed by atoms with Crippen LogP contribution in [0.1, 0.15) is 17.0 Å². The number of oxazole rings is 1. The summed E-state index contributed by atoms with van der Waals surface area (Å²) in [4.78, 5) is 4.68. The minimum absolute atomic E-state index is 0.0212. The van der Waals surface area contributed by atoms with Crippen molar-refractivity contribution in [3.05, 3.63) is 95.9 Å². The molecule has 0 radical (unpaired) electrons. The summed E-state index contributed by atoms with van der Waals surface area (Å²) >= 11 is 0.